The average molecular weight is 391 g/mol. The number of rotatable bonds is 5. The fraction of sp³-hybridized carbons (Fsp3) is 0. The first-order valence-electron chi connectivity index (χ1n) is 8.22. The van der Waals surface area contributed by atoms with Crippen LogP contribution in [0.1, 0.15) is 15.9 Å². The molecule has 138 valence electrons. The van der Waals surface area contributed by atoms with E-state index in [1.54, 1.807) is 35.6 Å². The number of anilines is 2. The lowest BCUT2D eigenvalue weighted by molar-refractivity contribution is -0.221. The van der Waals surface area contributed by atoms with E-state index in [1.807, 2.05) is 29.6 Å². The van der Waals surface area contributed by atoms with Gasteiger partial charge in [0.1, 0.15) is 11.0 Å². The SMILES string of the molecule is N/C(=N\N=[NH2+])c1ccc2c(c1)nc(Nc1cccc(C(=O)O)c1)c1ccsc12. The first-order chi connectivity index (χ1) is 13.6. The molecule has 9 heteroatoms. The maximum Gasteiger partial charge on any atom is 0.335 e. The Bertz CT molecular complexity index is 1260. The molecule has 2 aromatic carbocycles. The number of carboxylic acid groups (broad SMARTS) is 1. The Morgan fingerprint density at radius 3 is 2.79 bits per heavy atom. The van der Waals surface area contributed by atoms with E-state index in [0.29, 0.717) is 17.1 Å². The molecule has 0 radical (unpaired) electrons. The minimum atomic E-state index is -0.986. The number of carbonyl (C=O) groups is 1. The molecule has 0 aliphatic carbocycles. The molecule has 0 spiro atoms. The molecule has 0 saturated heterocycles. The standard InChI is InChI=1S/C19H14N6O2S/c20-17(24-25-21)10-4-5-13-15(9-10)23-18(14-6-7-28-16(13)14)22-12-3-1-2-11(8-12)19(26)27/h1-9H,(H,22,23)(H,26,27)(H3,20,21,24)/p+1. The van der Waals surface area contributed by atoms with E-state index >= 15 is 0 Å². The quantitative estimate of drug-likeness (QED) is 0.179. The van der Waals surface area contributed by atoms with E-state index in [0.717, 1.165) is 21.0 Å². The van der Waals surface area contributed by atoms with Crippen molar-refractivity contribution in [2.75, 3.05) is 5.32 Å². The van der Waals surface area contributed by atoms with E-state index < -0.39 is 5.97 Å². The van der Waals surface area contributed by atoms with Crippen LogP contribution in [0.2, 0.25) is 0 Å². The van der Waals surface area contributed by atoms with Crippen LogP contribution in [-0.2, 0) is 0 Å². The molecule has 28 heavy (non-hydrogen) atoms. The van der Waals surface area contributed by atoms with Crippen molar-refractivity contribution in [1.82, 2.24) is 4.98 Å². The Labute approximate surface area is 162 Å². The van der Waals surface area contributed by atoms with Crippen molar-refractivity contribution >= 4 is 55.6 Å². The van der Waals surface area contributed by atoms with Crippen LogP contribution in [0.25, 0.3) is 21.0 Å². The van der Waals surface area contributed by atoms with Gasteiger partial charge in [-0.3, -0.25) is 0 Å². The first kappa shape index (κ1) is 17.6. The Morgan fingerprint density at radius 1 is 1.14 bits per heavy atom. The molecule has 0 atom stereocenters. The second kappa shape index (κ2) is 7.05. The third-order valence-corrected chi connectivity index (χ3v) is 5.18. The molecule has 0 fully saturated rings. The van der Waals surface area contributed by atoms with Gasteiger partial charge >= 0.3 is 5.97 Å². The van der Waals surface area contributed by atoms with Gasteiger partial charge in [0.15, 0.2) is 0 Å². The molecule has 0 amide bonds. The van der Waals surface area contributed by atoms with Crippen molar-refractivity contribution in [2.24, 2.45) is 16.1 Å². The van der Waals surface area contributed by atoms with Gasteiger partial charge in [-0.2, -0.15) is 5.53 Å². The molecule has 2 heterocycles. The fourth-order valence-corrected chi connectivity index (χ4v) is 3.87. The number of nitrogens with zero attached hydrogens (tertiary/aromatic N) is 3. The van der Waals surface area contributed by atoms with Crippen LogP contribution < -0.4 is 16.6 Å². The van der Waals surface area contributed by atoms with Crippen LogP contribution in [0.15, 0.2) is 64.2 Å². The van der Waals surface area contributed by atoms with Crippen LogP contribution >= 0.6 is 11.3 Å². The zero-order chi connectivity index (χ0) is 19.7. The summed E-state index contributed by atoms with van der Waals surface area (Å²) in [5.41, 5.74) is 13.2. The second-order valence-corrected chi connectivity index (χ2v) is 6.88. The summed E-state index contributed by atoms with van der Waals surface area (Å²) < 4.78 is 1.06. The van der Waals surface area contributed by atoms with E-state index in [1.165, 1.54) is 0 Å². The third-order valence-electron chi connectivity index (χ3n) is 4.23. The first-order valence-corrected chi connectivity index (χ1v) is 9.10. The zero-order valence-electron chi connectivity index (χ0n) is 14.5. The van der Waals surface area contributed by atoms with Gasteiger partial charge in [0.2, 0.25) is 0 Å². The van der Waals surface area contributed by atoms with Gasteiger partial charge in [-0.15, -0.1) is 11.3 Å². The van der Waals surface area contributed by atoms with Gasteiger partial charge < -0.3 is 16.2 Å². The number of amidine groups is 1. The monoisotopic (exact) mass is 391 g/mol. The van der Waals surface area contributed by atoms with Gasteiger partial charge in [-0.05, 0) is 41.8 Å². The summed E-state index contributed by atoms with van der Waals surface area (Å²) in [7, 11) is 0. The number of pyridine rings is 1. The summed E-state index contributed by atoms with van der Waals surface area (Å²) in [5, 5.41) is 23.2. The van der Waals surface area contributed by atoms with E-state index in [4.69, 9.17) is 16.2 Å². The highest BCUT2D eigenvalue weighted by molar-refractivity contribution is 7.18. The van der Waals surface area contributed by atoms with E-state index in [-0.39, 0.29) is 11.4 Å². The molecular formula is C19H15N6O2S+. The van der Waals surface area contributed by atoms with Crippen LogP contribution in [0, 0.1) is 0 Å². The third kappa shape index (κ3) is 3.14. The molecule has 2 aromatic heterocycles. The van der Waals surface area contributed by atoms with Crippen LogP contribution in [0.3, 0.4) is 0 Å². The number of nitrogens with two attached hydrogens (primary N) is 2. The number of fused-ring (bicyclic) bond motifs is 3. The van der Waals surface area contributed by atoms with Gasteiger partial charge in [0.05, 0.1) is 16.2 Å². The topological polar surface area (TPSA) is 139 Å². The summed E-state index contributed by atoms with van der Waals surface area (Å²) in [5.74, 6) is -0.163. The van der Waals surface area contributed by atoms with E-state index in [9.17, 15) is 9.90 Å². The zero-order valence-corrected chi connectivity index (χ0v) is 15.3. The van der Waals surface area contributed by atoms with Crippen molar-refractivity contribution in [3.05, 3.63) is 65.0 Å². The molecule has 8 nitrogen and oxygen atoms in total. The fourth-order valence-electron chi connectivity index (χ4n) is 2.94. The molecule has 0 saturated carbocycles. The number of thiophene rings is 1. The Balaban J connectivity index is 1.86. The van der Waals surface area contributed by atoms with Gasteiger partial charge in [-0.1, -0.05) is 12.1 Å². The number of carboxylic acids is 1. The molecule has 0 aliphatic rings. The maximum atomic E-state index is 11.2. The van der Waals surface area contributed by atoms with Crippen LogP contribution in [-0.4, -0.2) is 21.9 Å². The van der Waals surface area contributed by atoms with Crippen LogP contribution in [0.5, 0.6) is 0 Å². The predicted molar refractivity (Wildman–Crippen MR) is 109 cm³/mol. The molecular weight excluding hydrogens is 376 g/mol. The lowest BCUT2D eigenvalue weighted by Crippen LogP contribution is -2.23. The lowest BCUT2D eigenvalue weighted by Gasteiger charge is -2.10. The highest BCUT2D eigenvalue weighted by Crippen LogP contribution is 2.35. The van der Waals surface area contributed by atoms with Crippen molar-refractivity contribution in [1.29, 1.82) is 0 Å². The van der Waals surface area contributed by atoms with Crippen molar-refractivity contribution in [3.8, 4) is 0 Å². The Hall–Kier alpha value is -3.85. The Morgan fingerprint density at radius 2 is 2.00 bits per heavy atom. The van der Waals surface area contributed by atoms with Gasteiger partial charge in [-0.25, -0.2) is 9.78 Å². The average Bonchev–Trinajstić information content (AvgIpc) is 3.18. The summed E-state index contributed by atoms with van der Waals surface area (Å²) in [6.45, 7) is 0. The molecule has 0 unspecified atom stereocenters. The highest BCUT2D eigenvalue weighted by Gasteiger charge is 2.13. The Kier molecular flexibility index (Phi) is 4.42. The van der Waals surface area contributed by atoms with Crippen molar-refractivity contribution in [3.63, 3.8) is 0 Å². The molecule has 4 aromatic rings. The maximum absolute atomic E-state index is 11.2. The molecule has 6 N–H and O–H groups in total. The van der Waals surface area contributed by atoms with Crippen molar-refractivity contribution in [2.45, 2.75) is 0 Å². The molecule has 0 bridgehead atoms. The number of hydrogen-bond donors (Lipinski definition) is 4. The smallest absolute Gasteiger partial charge is 0.335 e. The number of nitrogens with one attached hydrogen (secondary N) is 1. The minimum Gasteiger partial charge on any atom is -0.478 e. The molecule has 4 rings (SSSR count). The van der Waals surface area contributed by atoms with Gasteiger partial charge in [0.25, 0.3) is 5.84 Å². The molecule has 0 aliphatic heterocycles. The lowest BCUT2D eigenvalue weighted by atomic mass is 10.1. The predicted octanol–water partition coefficient (Wildman–Crippen LogP) is 2.72. The largest absolute Gasteiger partial charge is 0.478 e. The summed E-state index contributed by atoms with van der Waals surface area (Å²) in [4.78, 5) is 15.9. The van der Waals surface area contributed by atoms with Crippen molar-refractivity contribution < 1.29 is 15.4 Å². The number of hydrogen-bond acceptors (Lipinski definition) is 5. The normalized spacial score (nSPS) is 11.6. The minimum absolute atomic E-state index is 0.196. The number of aromatic carboxylic acids is 1. The van der Waals surface area contributed by atoms with Crippen LogP contribution in [0.4, 0.5) is 11.5 Å². The summed E-state index contributed by atoms with van der Waals surface area (Å²) >= 11 is 1.60. The summed E-state index contributed by atoms with van der Waals surface area (Å²) in [6.07, 6.45) is 0. The second-order valence-electron chi connectivity index (χ2n) is 5.97. The number of aromatic nitrogens is 1. The van der Waals surface area contributed by atoms with E-state index in [2.05, 4.69) is 15.6 Å². The summed E-state index contributed by atoms with van der Waals surface area (Å²) in [6, 6.07) is 14.2. The number of benzene rings is 2. The highest BCUT2D eigenvalue weighted by atomic mass is 32.1. The van der Waals surface area contributed by atoms with Gasteiger partial charge in [0, 0.05) is 26.7 Å².